The van der Waals surface area contributed by atoms with Crippen LogP contribution in [0.15, 0.2) is 59.5 Å². The molecule has 38 heavy (non-hydrogen) atoms. The highest BCUT2D eigenvalue weighted by Crippen LogP contribution is 2.36. The molecule has 1 aliphatic rings. The number of rotatable bonds is 5. The van der Waals surface area contributed by atoms with Gasteiger partial charge in [0, 0.05) is 24.8 Å². The SMILES string of the molecule is CN(C)CC#CC(=O)N1CC[C@@H](n2cc(-c3ccc(Oc4ccccc4F)cc3)c3c(N)n[nH]c(=O)c32)C1. The second-order valence-corrected chi connectivity index (χ2v) is 9.40. The Morgan fingerprint density at radius 3 is 2.74 bits per heavy atom. The van der Waals surface area contributed by atoms with E-state index in [1.54, 1.807) is 35.2 Å². The average Bonchev–Trinajstić information content (AvgIpc) is 3.54. The summed E-state index contributed by atoms with van der Waals surface area (Å²) >= 11 is 0. The molecule has 1 saturated heterocycles. The van der Waals surface area contributed by atoms with Crippen molar-refractivity contribution in [3.8, 4) is 34.5 Å². The Hall–Kier alpha value is -4.62. The van der Waals surface area contributed by atoms with Gasteiger partial charge in [0.1, 0.15) is 11.3 Å². The lowest BCUT2D eigenvalue weighted by atomic mass is 10.1. The Morgan fingerprint density at radius 2 is 2.00 bits per heavy atom. The number of nitrogen functional groups attached to an aromatic ring is 1. The summed E-state index contributed by atoms with van der Waals surface area (Å²) in [5.41, 5.74) is 7.78. The van der Waals surface area contributed by atoms with Gasteiger partial charge in [-0.2, -0.15) is 5.10 Å². The molecule has 3 N–H and O–H groups in total. The number of fused-ring (bicyclic) bond motifs is 1. The van der Waals surface area contributed by atoms with E-state index in [0.29, 0.717) is 42.7 Å². The lowest BCUT2D eigenvalue weighted by Crippen LogP contribution is -2.28. The summed E-state index contributed by atoms with van der Waals surface area (Å²) in [6.07, 6.45) is 2.54. The van der Waals surface area contributed by atoms with Crippen molar-refractivity contribution in [1.29, 1.82) is 0 Å². The molecule has 5 rings (SSSR count). The van der Waals surface area contributed by atoms with Crippen LogP contribution in [0, 0.1) is 17.7 Å². The van der Waals surface area contributed by atoms with Gasteiger partial charge < -0.3 is 19.9 Å². The molecule has 1 fully saturated rings. The molecule has 0 bridgehead atoms. The van der Waals surface area contributed by atoms with Crippen LogP contribution in [0.5, 0.6) is 11.5 Å². The largest absolute Gasteiger partial charge is 0.454 e. The van der Waals surface area contributed by atoms with Crippen molar-refractivity contribution in [2.24, 2.45) is 0 Å². The first-order valence-electron chi connectivity index (χ1n) is 12.2. The summed E-state index contributed by atoms with van der Waals surface area (Å²) in [6, 6.07) is 13.1. The topological polar surface area (TPSA) is 109 Å². The zero-order chi connectivity index (χ0) is 26.8. The molecule has 194 valence electrons. The first-order chi connectivity index (χ1) is 18.3. The van der Waals surface area contributed by atoms with E-state index in [0.717, 1.165) is 11.1 Å². The third-order valence-electron chi connectivity index (χ3n) is 6.45. The normalized spacial score (nSPS) is 15.1. The summed E-state index contributed by atoms with van der Waals surface area (Å²) in [5, 5.41) is 6.99. The van der Waals surface area contributed by atoms with Gasteiger partial charge in [0.25, 0.3) is 11.5 Å². The van der Waals surface area contributed by atoms with Crippen molar-refractivity contribution < 1.29 is 13.9 Å². The molecule has 10 heteroatoms. The molecule has 0 spiro atoms. The number of ether oxygens (including phenoxy) is 1. The standard InChI is InChI=1S/C28H27FN6O3/c1-33(2)14-5-8-24(36)34-15-13-19(16-34)35-17-21(25-26(35)28(37)32-31-27(25)30)18-9-11-20(12-10-18)38-23-7-4-3-6-22(23)29/h3-4,6-7,9-12,17,19H,13-16H2,1-2H3,(H2,30,31)(H,32,37)/t19-/m1/s1. The van der Waals surface area contributed by atoms with Crippen LogP contribution in [0.2, 0.25) is 0 Å². The van der Waals surface area contributed by atoms with E-state index in [1.807, 2.05) is 41.9 Å². The molecule has 9 nitrogen and oxygen atoms in total. The summed E-state index contributed by atoms with van der Waals surface area (Å²) < 4.78 is 21.5. The van der Waals surface area contributed by atoms with Gasteiger partial charge in [0.15, 0.2) is 17.4 Å². The Labute approximate surface area is 218 Å². The predicted octanol–water partition coefficient (Wildman–Crippen LogP) is 3.24. The fraction of sp³-hybridized carbons (Fsp3) is 0.250. The van der Waals surface area contributed by atoms with Gasteiger partial charge in [-0.3, -0.25) is 14.5 Å². The fourth-order valence-corrected chi connectivity index (χ4v) is 4.60. The molecular weight excluding hydrogens is 487 g/mol. The number of aromatic nitrogens is 3. The number of benzene rings is 2. The minimum atomic E-state index is -0.453. The second kappa shape index (κ2) is 10.4. The molecule has 2 aromatic heterocycles. The molecule has 1 aliphatic heterocycles. The minimum absolute atomic E-state index is 0.127. The van der Waals surface area contributed by atoms with E-state index in [-0.39, 0.29) is 29.1 Å². The number of amides is 1. The van der Waals surface area contributed by atoms with Crippen molar-refractivity contribution in [2.75, 3.05) is 39.5 Å². The molecule has 4 aromatic rings. The third kappa shape index (κ3) is 4.96. The van der Waals surface area contributed by atoms with Gasteiger partial charge in [-0.15, -0.1) is 0 Å². The van der Waals surface area contributed by atoms with Crippen LogP contribution in [0.4, 0.5) is 10.2 Å². The van der Waals surface area contributed by atoms with Crippen LogP contribution in [0.1, 0.15) is 12.5 Å². The zero-order valence-corrected chi connectivity index (χ0v) is 21.1. The maximum Gasteiger partial charge on any atom is 0.298 e. The summed E-state index contributed by atoms with van der Waals surface area (Å²) in [4.78, 5) is 29.1. The van der Waals surface area contributed by atoms with Gasteiger partial charge in [0.2, 0.25) is 0 Å². The van der Waals surface area contributed by atoms with Crippen LogP contribution in [0.3, 0.4) is 0 Å². The van der Waals surface area contributed by atoms with Crippen molar-refractivity contribution in [2.45, 2.75) is 12.5 Å². The van der Waals surface area contributed by atoms with Crippen molar-refractivity contribution in [3.05, 3.63) is 70.9 Å². The van der Waals surface area contributed by atoms with Crippen molar-refractivity contribution >= 4 is 22.6 Å². The summed E-state index contributed by atoms with van der Waals surface area (Å²) in [5.74, 6) is 5.68. The highest BCUT2D eigenvalue weighted by molar-refractivity contribution is 6.02. The second-order valence-electron chi connectivity index (χ2n) is 9.40. The molecule has 1 atom stereocenters. The highest BCUT2D eigenvalue weighted by atomic mass is 19.1. The summed E-state index contributed by atoms with van der Waals surface area (Å²) in [6.45, 7) is 1.46. The first kappa shape index (κ1) is 25.0. The first-order valence-corrected chi connectivity index (χ1v) is 12.2. The molecule has 1 amide bonds. The molecule has 0 radical (unpaired) electrons. The van der Waals surface area contributed by atoms with Crippen molar-refractivity contribution in [3.63, 3.8) is 0 Å². The van der Waals surface area contributed by atoms with Gasteiger partial charge in [-0.05, 0) is 56.3 Å². The van der Waals surface area contributed by atoms with E-state index in [1.165, 1.54) is 6.07 Å². The molecule has 0 unspecified atom stereocenters. The number of carbonyl (C=O) groups excluding carboxylic acids is 1. The number of hydrogen-bond acceptors (Lipinski definition) is 6. The molecular formula is C28H27FN6O3. The van der Waals surface area contributed by atoms with Crippen LogP contribution in [-0.2, 0) is 4.79 Å². The van der Waals surface area contributed by atoms with E-state index in [2.05, 4.69) is 22.0 Å². The Morgan fingerprint density at radius 1 is 1.24 bits per heavy atom. The molecule has 0 aliphatic carbocycles. The van der Waals surface area contributed by atoms with Crippen LogP contribution >= 0.6 is 0 Å². The fourth-order valence-electron chi connectivity index (χ4n) is 4.60. The predicted molar refractivity (Wildman–Crippen MR) is 143 cm³/mol. The number of hydrogen-bond donors (Lipinski definition) is 2. The Balaban J connectivity index is 1.45. The van der Waals surface area contributed by atoms with Crippen molar-refractivity contribution in [1.82, 2.24) is 24.6 Å². The molecule has 0 saturated carbocycles. The van der Waals surface area contributed by atoms with Gasteiger partial charge in [-0.25, -0.2) is 9.49 Å². The van der Waals surface area contributed by atoms with E-state index >= 15 is 0 Å². The van der Waals surface area contributed by atoms with E-state index in [4.69, 9.17) is 10.5 Å². The molecule has 2 aromatic carbocycles. The minimum Gasteiger partial charge on any atom is -0.454 e. The van der Waals surface area contributed by atoms with E-state index in [9.17, 15) is 14.0 Å². The Bertz CT molecular complexity index is 1610. The van der Waals surface area contributed by atoms with Crippen LogP contribution in [-0.4, -0.2) is 64.2 Å². The number of aromatic amines is 1. The Kier molecular flexibility index (Phi) is 6.85. The highest BCUT2D eigenvalue weighted by Gasteiger charge is 2.29. The number of nitrogens with zero attached hydrogens (tertiary/aromatic N) is 4. The number of nitrogens with one attached hydrogen (secondary N) is 1. The van der Waals surface area contributed by atoms with E-state index < -0.39 is 5.82 Å². The number of carbonyl (C=O) groups is 1. The number of likely N-dealkylation sites (tertiary alicyclic amines) is 1. The monoisotopic (exact) mass is 514 g/mol. The number of nitrogens with two attached hydrogens (primary N) is 1. The smallest absolute Gasteiger partial charge is 0.298 e. The van der Waals surface area contributed by atoms with Crippen LogP contribution < -0.4 is 16.0 Å². The van der Waals surface area contributed by atoms with Gasteiger partial charge in [-0.1, -0.05) is 30.2 Å². The number of para-hydroxylation sites is 1. The average molecular weight is 515 g/mol. The third-order valence-corrected chi connectivity index (χ3v) is 6.45. The van der Waals surface area contributed by atoms with Gasteiger partial charge in [0.05, 0.1) is 18.0 Å². The lowest BCUT2D eigenvalue weighted by Gasteiger charge is -2.15. The van der Waals surface area contributed by atoms with Gasteiger partial charge >= 0.3 is 0 Å². The quantitative estimate of drug-likeness (QED) is 0.396. The lowest BCUT2D eigenvalue weighted by molar-refractivity contribution is -0.124. The maximum atomic E-state index is 14.0. The number of halogens is 1. The zero-order valence-electron chi connectivity index (χ0n) is 21.1. The summed E-state index contributed by atoms with van der Waals surface area (Å²) in [7, 11) is 3.78. The number of H-pyrrole nitrogens is 1. The van der Waals surface area contributed by atoms with Crippen LogP contribution in [0.25, 0.3) is 22.0 Å². The number of anilines is 1. The maximum absolute atomic E-state index is 14.0. The molecule has 3 heterocycles.